The average Bonchev–Trinajstić information content (AvgIpc) is 3.01. The number of nitrogens with one attached hydrogen (secondary N) is 2. The van der Waals surface area contributed by atoms with Gasteiger partial charge in [0.15, 0.2) is 5.16 Å². The number of aromatic nitrogens is 2. The first-order chi connectivity index (χ1) is 13.3. The van der Waals surface area contributed by atoms with Crippen molar-refractivity contribution in [3.05, 3.63) is 41.7 Å². The zero-order valence-corrected chi connectivity index (χ0v) is 16.5. The number of hydrogen-bond donors (Lipinski definition) is 4. The lowest BCUT2D eigenvalue weighted by molar-refractivity contribution is -0.122. The predicted molar refractivity (Wildman–Crippen MR) is 106 cm³/mol. The van der Waals surface area contributed by atoms with Crippen molar-refractivity contribution in [3.8, 4) is 0 Å². The highest BCUT2D eigenvalue weighted by Crippen LogP contribution is 2.19. The van der Waals surface area contributed by atoms with Crippen LogP contribution in [-0.2, 0) is 22.7 Å². The van der Waals surface area contributed by atoms with Gasteiger partial charge in [-0.05, 0) is 38.1 Å². The number of aliphatic hydroxyl groups excluding tert-OH is 1. The zero-order chi connectivity index (χ0) is 20.7. The third-order valence-corrected chi connectivity index (χ3v) is 4.59. The minimum Gasteiger partial charge on any atom is -0.390 e. The van der Waals surface area contributed by atoms with Crippen molar-refractivity contribution in [1.29, 1.82) is 0 Å². The first-order valence-electron chi connectivity index (χ1n) is 8.57. The van der Waals surface area contributed by atoms with Crippen LogP contribution in [0, 0.1) is 0 Å². The van der Waals surface area contributed by atoms with Crippen LogP contribution in [0.25, 0.3) is 0 Å². The minimum absolute atomic E-state index is 0.00330. The SMILES string of the molecule is CC(C)NC(=O)Cn1c(CO)cnc1SCC(=O)Nc1ccc(C(N)=O)cc1. The molecule has 0 radical (unpaired) electrons. The molecule has 0 atom stereocenters. The van der Waals surface area contributed by atoms with E-state index in [2.05, 4.69) is 15.6 Å². The van der Waals surface area contributed by atoms with Crippen LogP contribution < -0.4 is 16.4 Å². The lowest BCUT2D eigenvalue weighted by Crippen LogP contribution is -2.33. The first-order valence-corrected chi connectivity index (χ1v) is 9.55. The molecule has 0 saturated heterocycles. The van der Waals surface area contributed by atoms with Gasteiger partial charge in [-0.15, -0.1) is 0 Å². The highest BCUT2D eigenvalue weighted by molar-refractivity contribution is 7.99. The van der Waals surface area contributed by atoms with E-state index < -0.39 is 5.91 Å². The molecule has 0 unspecified atom stereocenters. The van der Waals surface area contributed by atoms with Crippen LogP contribution in [-0.4, -0.2) is 44.2 Å². The predicted octanol–water partition coefficient (Wildman–Crippen LogP) is 0.730. The van der Waals surface area contributed by atoms with Crippen molar-refractivity contribution in [3.63, 3.8) is 0 Å². The molecular weight excluding hydrogens is 382 g/mol. The molecule has 9 nitrogen and oxygen atoms in total. The smallest absolute Gasteiger partial charge is 0.248 e. The molecule has 2 aromatic rings. The summed E-state index contributed by atoms with van der Waals surface area (Å²) in [6.07, 6.45) is 1.48. The molecule has 28 heavy (non-hydrogen) atoms. The van der Waals surface area contributed by atoms with E-state index in [9.17, 15) is 19.5 Å². The molecule has 0 spiro atoms. The van der Waals surface area contributed by atoms with Crippen molar-refractivity contribution < 1.29 is 19.5 Å². The lowest BCUT2D eigenvalue weighted by Gasteiger charge is -2.13. The number of aliphatic hydroxyl groups is 1. The Morgan fingerprint density at radius 3 is 2.46 bits per heavy atom. The summed E-state index contributed by atoms with van der Waals surface area (Å²) in [5.74, 6) is -0.959. The van der Waals surface area contributed by atoms with Crippen LogP contribution in [0.4, 0.5) is 5.69 Å². The minimum atomic E-state index is -0.540. The Balaban J connectivity index is 1.97. The van der Waals surface area contributed by atoms with E-state index in [0.29, 0.717) is 22.1 Å². The summed E-state index contributed by atoms with van der Waals surface area (Å²) in [5, 5.41) is 15.4. The van der Waals surface area contributed by atoms with Crippen LogP contribution in [0.5, 0.6) is 0 Å². The fourth-order valence-electron chi connectivity index (χ4n) is 2.36. The normalized spacial score (nSPS) is 10.7. The molecule has 0 aliphatic carbocycles. The van der Waals surface area contributed by atoms with E-state index in [1.54, 1.807) is 16.7 Å². The average molecular weight is 405 g/mol. The van der Waals surface area contributed by atoms with Gasteiger partial charge in [0.25, 0.3) is 0 Å². The number of rotatable bonds is 9. The van der Waals surface area contributed by atoms with Crippen LogP contribution in [0.2, 0.25) is 0 Å². The van der Waals surface area contributed by atoms with Gasteiger partial charge in [-0.1, -0.05) is 11.8 Å². The molecule has 0 saturated carbocycles. The quantitative estimate of drug-likeness (QED) is 0.454. The molecular formula is C18H23N5O4S. The fourth-order valence-corrected chi connectivity index (χ4v) is 3.16. The Kier molecular flexibility index (Phi) is 7.59. The topological polar surface area (TPSA) is 139 Å². The first kappa shape index (κ1) is 21.5. The maximum absolute atomic E-state index is 12.2. The summed E-state index contributed by atoms with van der Waals surface area (Å²) in [6.45, 7) is 3.46. The lowest BCUT2D eigenvalue weighted by atomic mass is 10.2. The Labute approximate surface area is 166 Å². The molecule has 5 N–H and O–H groups in total. The van der Waals surface area contributed by atoms with Gasteiger partial charge >= 0.3 is 0 Å². The number of carbonyl (C=O) groups excluding carboxylic acids is 3. The summed E-state index contributed by atoms with van der Waals surface area (Å²) in [6, 6.07) is 6.22. The molecule has 1 aromatic heterocycles. The van der Waals surface area contributed by atoms with Crippen LogP contribution >= 0.6 is 11.8 Å². The third-order valence-electron chi connectivity index (χ3n) is 3.60. The zero-order valence-electron chi connectivity index (χ0n) is 15.6. The molecule has 1 aromatic carbocycles. The maximum Gasteiger partial charge on any atom is 0.248 e. The van der Waals surface area contributed by atoms with Gasteiger partial charge in [-0.2, -0.15) is 0 Å². The van der Waals surface area contributed by atoms with Gasteiger partial charge in [0.1, 0.15) is 6.54 Å². The number of imidazole rings is 1. The van der Waals surface area contributed by atoms with E-state index in [4.69, 9.17) is 5.73 Å². The highest BCUT2D eigenvalue weighted by Gasteiger charge is 2.15. The van der Waals surface area contributed by atoms with Crippen molar-refractivity contribution in [2.24, 2.45) is 5.73 Å². The summed E-state index contributed by atoms with van der Waals surface area (Å²) in [4.78, 5) is 39.5. The van der Waals surface area contributed by atoms with Gasteiger partial charge in [0, 0.05) is 17.3 Å². The number of nitrogens with zero attached hydrogens (tertiary/aromatic N) is 2. The van der Waals surface area contributed by atoms with Gasteiger partial charge in [0.05, 0.1) is 24.3 Å². The second-order valence-corrected chi connectivity index (χ2v) is 7.22. The third kappa shape index (κ3) is 6.10. The van der Waals surface area contributed by atoms with Gasteiger partial charge in [-0.25, -0.2) is 4.98 Å². The number of carbonyl (C=O) groups is 3. The molecule has 0 bridgehead atoms. The number of anilines is 1. The van der Waals surface area contributed by atoms with Crippen molar-refractivity contribution in [1.82, 2.24) is 14.9 Å². The molecule has 2 rings (SSSR count). The van der Waals surface area contributed by atoms with Crippen molar-refractivity contribution >= 4 is 35.2 Å². The van der Waals surface area contributed by atoms with Crippen LogP contribution in [0.3, 0.4) is 0 Å². The Morgan fingerprint density at radius 1 is 1.21 bits per heavy atom. The highest BCUT2D eigenvalue weighted by atomic mass is 32.2. The van der Waals surface area contributed by atoms with Crippen LogP contribution in [0.15, 0.2) is 35.6 Å². The van der Waals surface area contributed by atoms with Crippen molar-refractivity contribution in [2.45, 2.75) is 38.2 Å². The van der Waals surface area contributed by atoms with Gasteiger partial charge in [0.2, 0.25) is 17.7 Å². The number of thioether (sulfide) groups is 1. The van der Waals surface area contributed by atoms with E-state index >= 15 is 0 Å². The number of hydrogen-bond acceptors (Lipinski definition) is 6. The molecule has 10 heteroatoms. The maximum atomic E-state index is 12.2. The Morgan fingerprint density at radius 2 is 1.89 bits per heavy atom. The Bertz CT molecular complexity index is 848. The van der Waals surface area contributed by atoms with Gasteiger partial charge < -0.3 is 26.0 Å². The van der Waals surface area contributed by atoms with E-state index in [-0.39, 0.29) is 36.8 Å². The van der Waals surface area contributed by atoms with E-state index in [1.807, 2.05) is 13.8 Å². The standard InChI is InChI=1S/C18H23N5O4S/c1-11(2)21-15(25)8-23-14(9-24)7-20-18(23)28-10-16(26)22-13-5-3-12(4-6-13)17(19)27/h3-7,11,24H,8-10H2,1-2H3,(H2,19,27)(H,21,25)(H,22,26). The summed E-state index contributed by atoms with van der Waals surface area (Å²) >= 11 is 1.15. The summed E-state index contributed by atoms with van der Waals surface area (Å²) in [7, 11) is 0. The fraction of sp³-hybridized carbons (Fsp3) is 0.333. The molecule has 0 aliphatic heterocycles. The second kappa shape index (κ2) is 9.90. The molecule has 150 valence electrons. The van der Waals surface area contributed by atoms with E-state index in [1.165, 1.54) is 18.3 Å². The van der Waals surface area contributed by atoms with Crippen molar-refractivity contribution in [2.75, 3.05) is 11.1 Å². The molecule has 0 aliphatic rings. The largest absolute Gasteiger partial charge is 0.390 e. The number of primary amides is 1. The number of benzene rings is 1. The Hall–Kier alpha value is -2.85. The monoisotopic (exact) mass is 405 g/mol. The summed E-state index contributed by atoms with van der Waals surface area (Å²) < 4.78 is 1.58. The van der Waals surface area contributed by atoms with Gasteiger partial charge in [-0.3, -0.25) is 14.4 Å². The van der Waals surface area contributed by atoms with Crippen LogP contribution in [0.1, 0.15) is 29.9 Å². The van der Waals surface area contributed by atoms with E-state index in [0.717, 1.165) is 11.8 Å². The number of nitrogens with two attached hydrogens (primary N) is 1. The molecule has 0 fully saturated rings. The summed E-state index contributed by atoms with van der Waals surface area (Å²) in [5.41, 5.74) is 6.56. The molecule has 1 heterocycles. The number of amides is 3. The second-order valence-electron chi connectivity index (χ2n) is 6.28. The molecule has 3 amide bonds.